The zero-order chi connectivity index (χ0) is 9.84. The van der Waals surface area contributed by atoms with Gasteiger partial charge in [-0.1, -0.05) is 13.8 Å². The lowest BCUT2D eigenvalue weighted by Gasteiger charge is -2.32. The first-order valence-corrected chi connectivity index (χ1v) is 5.11. The fourth-order valence-electron chi connectivity index (χ4n) is 1.72. The lowest BCUT2D eigenvalue weighted by Crippen LogP contribution is -2.42. The van der Waals surface area contributed by atoms with Crippen molar-refractivity contribution in [2.24, 2.45) is 17.6 Å². The van der Waals surface area contributed by atoms with Crippen LogP contribution in [0.5, 0.6) is 0 Å². The average molecular weight is 184 g/mol. The van der Waals surface area contributed by atoms with Gasteiger partial charge < -0.3 is 10.6 Å². The maximum absolute atomic E-state index is 11.5. The minimum Gasteiger partial charge on any atom is -0.342 e. The second-order valence-corrected chi connectivity index (χ2v) is 4.28. The molecule has 0 aromatic carbocycles. The molecule has 1 aliphatic rings. The van der Waals surface area contributed by atoms with Crippen LogP contribution in [-0.4, -0.2) is 30.4 Å². The van der Waals surface area contributed by atoms with E-state index in [0.29, 0.717) is 24.3 Å². The molecule has 0 aromatic rings. The highest BCUT2D eigenvalue weighted by Crippen LogP contribution is 2.17. The molecule has 1 fully saturated rings. The topological polar surface area (TPSA) is 46.3 Å². The van der Waals surface area contributed by atoms with Gasteiger partial charge in [0.2, 0.25) is 5.91 Å². The van der Waals surface area contributed by atoms with Crippen LogP contribution in [0.25, 0.3) is 0 Å². The number of rotatable bonds is 3. The van der Waals surface area contributed by atoms with E-state index in [2.05, 4.69) is 13.8 Å². The Hall–Kier alpha value is -0.570. The molecule has 2 N–H and O–H groups in total. The van der Waals surface area contributed by atoms with E-state index in [4.69, 9.17) is 5.73 Å². The fourth-order valence-corrected chi connectivity index (χ4v) is 1.72. The Kier molecular flexibility index (Phi) is 3.72. The molecule has 2 atom stereocenters. The van der Waals surface area contributed by atoms with E-state index >= 15 is 0 Å². The number of likely N-dealkylation sites (tertiary alicyclic amines) is 1. The number of hydrogen-bond acceptors (Lipinski definition) is 2. The minimum absolute atomic E-state index is 0.304. The molecule has 0 aromatic heterocycles. The molecule has 0 spiro atoms. The van der Waals surface area contributed by atoms with Gasteiger partial charge in [0.25, 0.3) is 0 Å². The van der Waals surface area contributed by atoms with Gasteiger partial charge in [0.05, 0.1) is 0 Å². The van der Waals surface area contributed by atoms with E-state index in [1.54, 1.807) is 0 Å². The van der Waals surface area contributed by atoms with E-state index in [1.807, 2.05) is 4.90 Å². The molecule has 76 valence electrons. The lowest BCUT2D eigenvalue weighted by molar-refractivity contribution is -0.135. The first kappa shape index (κ1) is 10.5. The van der Waals surface area contributed by atoms with Crippen molar-refractivity contribution in [2.45, 2.75) is 26.7 Å². The van der Waals surface area contributed by atoms with Crippen molar-refractivity contribution in [3.8, 4) is 0 Å². The first-order chi connectivity index (χ1) is 6.13. The van der Waals surface area contributed by atoms with Crippen LogP contribution in [0, 0.1) is 11.8 Å². The Morgan fingerprint density at radius 3 is 3.00 bits per heavy atom. The largest absolute Gasteiger partial charge is 0.342 e. The Bertz CT molecular complexity index is 182. The van der Waals surface area contributed by atoms with Crippen molar-refractivity contribution in [1.29, 1.82) is 0 Å². The van der Waals surface area contributed by atoms with Gasteiger partial charge in [0, 0.05) is 19.5 Å². The third-order valence-corrected chi connectivity index (χ3v) is 2.67. The highest BCUT2D eigenvalue weighted by atomic mass is 16.2. The van der Waals surface area contributed by atoms with Crippen LogP contribution in [0.2, 0.25) is 0 Å². The summed E-state index contributed by atoms with van der Waals surface area (Å²) in [6.07, 6.45) is 1.77. The standard InChI is InChI=1S/C10H20N2O/c1-8-3-4-10(13)12(6-8)7-9(2)5-11/h8-9H,3-7,11H2,1-2H3. The van der Waals surface area contributed by atoms with Crippen molar-refractivity contribution in [1.82, 2.24) is 4.90 Å². The van der Waals surface area contributed by atoms with E-state index in [1.165, 1.54) is 0 Å². The molecule has 1 saturated heterocycles. The highest BCUT2D eigenvalue weighted by Gasteiger charge is 2.23. The number of nitrogens with two attached hydrogens (primary N) is 1. The van der Waals surface area contributed by atoms with Crippen LogP contribution in [0.1, 0.15) is 26.7 Å². The van der Waals surface area contributed by atoms with Crippen molar-refractivity contribution < 1.29 is 4.79 Å². The number of amides is 1. The molecule has 3 nitrogen and oxygen atoms in total. The number of carbonyl (C=O) groups is 1. The molecule has 0 radical (unpaired) electrons. The maximum atomic E-state index is 11.5. The maximum Gasteiger partial charge on any atom is 0.222 e. The third kappa shape index (κ3) is 2.99. The minimum atomic E-state index is 0.304. The SMILES string of the molecule is CC(CN)CN1CC(C)CCC1=O. The molecule has 1 heterocycles. The van der Waals surface area contributed by atoms with Gasteiger partial charge in [-0.15, -0.1) is 0 Å². The molecular weight excluding hydrogens is 164 g/mol. The number of nitrogens with zero attached hydrogens (tertiary/aromatic N) is 1. The summed E-state index contributed by atoms with van der Waals surface area (Å²) in [5.74, 6) is 1.38. The number of carbonyl (C=O) groups excluding carboxylic acids is 1. The summed E-state index contributed by atoms with van der Waals surface area (Å²) in [6.45, 7) is 6.71. The summed E-state index contributed by atoms with van der Waals surface area (Å²) in [4.78, 5) is 13.4. The smallest absolute Gasteiger partial charge is 0.222 e. The van der Waals surface area contributed by atoms with Crippen molar-refractivity contribution in [2.75, 3.05) is 19.6 Å². The van der Waals surface area contributed by atoms with Crippen LogP contribution in [0.3, 0.4) is 0 Å². The Balaban J connectivity index is 2.42. The van der Waals surface area contributed by atoms with Crippen LogP contribution < -0.4 is 5.73 Å². The summed E-state index contributed by atoms with van der Waals surface area (Å²) >= 11 is 0. The van der Waals surface area contributed by atoms with Crippen molar-refractivity contribution in [3.63, 3.8) is 0 Å². The molecule has 0 saturated carbocycles. The summed E-state index contributed by atoms with van der Waals surface area (Å²) < 4.78 is 0. The summed E-state index contributed by atoms with van der Waals surface area (Å²) in [7, 11) is 0. The van der Waals surface area contributed by atoms with E-state index in [0.717, 1.165) is 25.9 Å². The molecule has 0 aliphatic carbocycles. The van der Waals surface area contributed by atoms with Crippen LogP contribution >= 0.6 is 0 Å². The Morgan fingerprint density at radius 2 is 2.38 bits per heavy atom. The van der Waals surface area contributed by atoms with Gasteiger partial charge in [-0.2, -0.15) is 0 Å². The van der Waals surface area contributed by atoms with Gasteiger partial charge in [-0.05, 0) is 24.8 Å². The molecule has 1 amide bonds. The predicted octanol–water partition coefficient (Wildman–Crippen LogP) is 0.840. The summed E-state index contributed by atoms with van der Waals surface area (Å²) in [6, 6.07) is 0. The van der Waals surface area contributed by atoms with Crippen molar-refractivity contribution in [3.05, 3.63) is 0 Å². The second kappa shape index (κ2) is 4.61. The third-order valence-electron chi connectivity index (χ3n) is 2.67. The van der Waals surface area contributed by atoms with Gasteiger partial charge in [-0.3, -0.25) is 4.79 Å². The van der Waals surface area contributed by atoms with E-state index in [-0.39, 0.29) is 0 Å². The van der Waals surface area contributed by atoms with Crippen molar-refractivity contribution >= 4 is 5.91 Å². The predicted molar refractivity (Wildman–Crippen MR) is 53.2 cm³/mol. The average Bonchev–Trinajstić information content (AvgIpc) is 2.11. The number of hydrogen-bond donors (Lipinski definition) is 1. The van der Waals surface area contributed by atoms with Gasteiger partial charge >= 0.3 is 0 Å². The Labute approximate surface area is 80.3 Å². The normalized spacial score (nSPS) is 26.2. The van der Waals surface area contributed by atoms with Gasteiger partial charge in [-0.25, -0.2) is 0 Å². The molecule has 2 unspecified atom stereocenters. The fraction of sp³-hybridized carbons (Fsp3) is 0.900. The Morgan fingerprint density at radius 1 is 1.69 bits per heavy atom. The van der Waals surface area contributed by atoms with Crippen LogP contribution in [-0.2, 0) is 4.79 Å². The second-order valence-electron chi connectivity index (χ2n) is 4.28. The van der Waals surface area contributed by atoms with E-state index < -0.39 is 0 Å². The monoisotopic (exact) mass is 184 g/mol. The molecule has 1 aliphatic heterocycles. The van der Waals surface area contributed by atoms with E-state index in [9.17, 15) is 4.79 Å². The summed E-state index contributed by atoms with van der Waals surface area (Å²) in [5, 5.41) is 0. The molecule has 0 bridgehead atoms. The zero-order valence-electron chi connectivity index (χ0n) is 8.62. The molecule has 1 rings (SSSR count). The van der Waals surface area contributed by atoms with Crippen LogP contribution in [0.15, 0.2) is 0 Å². The molecule has 3 heteroatoms. The van der Waals surface area contributed by atoms with Gasteiger partial charge in [0.1, 0.15) is 0 Å². The highest BCUT2D eigenvalue weighted by molar-refractivity contribution is 5.76. The lowest BCUT2D eigenvalue weighted by atomic mass is 9.98. The quantitative estimate of drug-likeness (QED) is 0.706. The van der Waals surface area contributed by atoms with Crippen LogP contribution in [0.4, 0.5) is 0 Å². The molecule has 13 heavy (non-hydrogen) atoms. The summed E-state index contributed by atoms with van der Waals surface area (Å²) in [5.41, 5.74) is 5.53. The zero-order valence-corrected chi connectivity index (χ0v) is 8.62. The first-order valence-electron chi connectivity index (χ1n) is 5.11. The van der Waals surface area contributed by atoms with Gasteiger partial charge in [0.15, 0.2) is 0 Å². The molecular formula is C10H20N2O. The number of piperidine rings is 1.